The first-order valence-corrected chi connectivity index (χ1v) is 10.1. The average Bonchev–Trinajstić information content (AvgIpc) is 2.56. The Morgan fingerprint density at radius 3 is 2.52 bits per heavy atom. The van der Waals surface area contributed by atoms with E-state index in [1.807, 2.05) is 0 Å². The molecule has 0 saturated heterocycles. The monoisotopic (exact) mass is 409 g/mol. The fourth-order valence-corrected chi connectivity index (χ4v) is 4.08. The molecule has 27 heavy (non-hydrogen) atoms. The molecule has 0 saturated carbocycles. The molecule has 8 heteroatoms. The zero-order valence-corrected chi connectivity index (χ0v) is 16.0. The Kier molecular flexibility index (Phi) is 5.01. The highest BCUT2D eigenvalue weighted by atomic mass is 35.5. The van der Waals surface area contributed by atoms with Crippen LogP contribution in [0.3, 0.4) is 0 Å². The van der Waals surface area contributed by atoms with Crippen molar-refractivity contribution in [2.45, 2.75) is 18.2 Å². The highest BCUT2D eigenvalue weighted by Crippen LogP contribution is 2.37. The van der Waals surface area contributed by atoms with Crippen molar-refractivity contribution < 1.29 is 22.0 Å². The summed E-state index contributed by atoms with van der Waals surface area (Å²) in [7, 11) is -3.63. The van der Waals surface area contributed by atoms with Gasteiger partial charge in [0, 0.05) is 30.4 Å². The Morgan fingerprint density at radius 1 is 1.19 bits per heavy atom. The number of halogens is 3. The minimum absolute atomic E-state index is 0.0139. The van der Waals surface area contributed by atoms with Crippen molar-refractivity contribution in [2.75, 3.05) is 6.26 Å². The zero-order chi connectivity index (χ0) is 19.9. The Bertz CT molecular complexity index is 1190. The van der Waals surface area contributed by atoms with E-state index < -0.39 is 21.5 Å². The summed E-state index contributed by atoms with van der Waals surface area (Å²) in [5, 5.41) is -0.0167. The third-order valence-corrected chi connectivity index (χ3v) is 5.82. The predicted molar refractivity (Wildman–Crippen MR) is 99.7 cm³/mol. The molecule has 0 radical (unpaired) electrons. The van der Waals surface area contributed by atoms with Gasteiger partial charge < -0.3 is 4.79 Å². The molecule has 0 aliphatic carbocycles. The standard InChI is InChI=1S/C19H14ClF2NO3S/c1-10-18(20)17-14(22)8-12(21)9-15(17)23-19(10)13-7-11(5-6-24)3-4-16(13)27(2,25)26/h3-4,6-9H,5H2,1-2H3. The van der Waals surface area contributed by atoms with Crippen LogP contribution in [0.2, 0.25) is 5.02 Å². The number of hydrogen-bond donors (Lipinski definition) is 0. The molecule has 0 N–H and O–H groups in total. The number of aromatic nitrogens is 1. The number of carbonyl (C=O) groups excluding carboxylic acids is 1. The summed E-state index contributed by atoms with van der Waals surface area (Å²) < 4.78 is 52.2. The molecule has 0 atom stereocenters. The maximum Gasteiger partial charge on any atom is 0.176 e. The summed E-state index contributed by atoms with van der Waals surface area (Å²) in [5.74, 6) is -1.67. The molecule has 0 unspecified atom stereocenters. The third-order valence-electron chi connectivity index (χ3n) is 4.19. The van der Waals surface area contributed by atoms with Crippen LogP contribution in [0.4, 0.5) is 8.78 Å². The lowest BCUT2D eigenvalue weighted by Crippen LogP contribution is -2.04. The van der Waals surface area contributed by atoms with Gasteiger partial charge in [0.15, 0.2) is 9.84 Å². The fourth-order valence-electron chi connectivity index (χ4n) is 2.93. The summed E-state index contributed by atoms with van der Waals surface area (Å²) >= 11 is 6.30. The zero-order valence-electron chi connectivity index (χ0n) is 14.4. The lowest BCUT2D eigenvalue weighted by molar-refractivity contribution is -0.107. The summed E-state index contributed by atoms with van der Waals surface area (Å²) in [6.45, 7) is 1.57. The molecule has 3 aromatic rings. The number of nitrogens with zero attached hydrogens (tertiary/aromatic N) is 1. The highest BCUT2D eigenvalue weighted by molar-refractivity contribution is 7.90. The summed E-state index contributed by atoms with van der Waals surface area (Å²) in [4.78, 5) is 15.1. The first-order chi connectivity index (χ1) is 12.6. The maximum atomic E-state index is 14.2. The van der Waals surface area contributed by atoms with E-state index in [2.05, 4.69) is 4.98 Å². The van der Waals surface area contributed by atoms with E-state index in [9.17, 15) is 22.0 Å². The van der Waals surface area contributed by atoms with E-state index in [1.54, 1.807) is 6.92 Å². The maximum absolute atomic E-state index is 14.2. The number of benzene rings is 2. The summed E-state index contributed by atoms with van der Waals surface area (Å²) in [6.07, 6.45) is 1.82. The predicted octanol–water partition coefficient (Wildman–Crippen LogP) is 4.29. The molecule has 4 nitrogen and oxygen atoms in total. The van der Waals surface area contributed by atoms with Crippen molar-refractivity contribution in [3.8, 4) is 11.3 Å². The topological polar surface area (TPSA) is 64.1 Å². The van der Waals surface area contributed by atoms with E-state index in [0.29, 0.717) is 23.5 Å². The molecule has 2 aromatic carbocycles. The van der Waals surface area contributed by atoms with Crippen LogP contribution in [0.25, 0.3) is 22.2 Å². The van der Waals surface area contributed by atoms with Crippen molar-refractivity contribution in [1.82, 2.24) is 4.98 Å². The molecule has 0 spiro atoms. The second kappa shape index (κ2) is 6.98. The number of carbonyl (C=O) groups is 1. The van der Waals surface area contributed by atoms with Crippen LogP contribution in [0, 0.1) is 18.6 Å². The molecule has 0 aliphatic heterocycles. The van der Waals surface area contributed by atoms with Gasteiger partial charge in [0.05, 0.1) is 26.5 Å². The number of aldehydes is 1. The minimum atomic E-state index is -3.63. The lowest BCUT2D eigenvalue weighted by Gasteiger charge is -2.15. The van der Waals surface area contributed by atoms with Gasteiger partial charge in [-0.05, 0) is 30.2 Å². The fraction of sp³-hybridized carbons (Fsp3) is 0.158. The van der Waals surface area contributed by atoms with Gasteiger partial charge in [-0.1, -0.05) is 17.7 Å². The van der Waals surface area contributed by atoms with Crippen LogP contribution in [-0.4, -0.2) is 25.9 Å². The van der Waals surface area contributed by atoms with Crippen LogP contribution >= 0.6 is 11.6 Å². The molecule has 0 amide bonds. The molecule has 3 rings (SSSR count). The molecule has 1 heterocycles. The van der Waals surface area contributed by atoms with Gasteiger partial charge in [-0.3, -0.25) is 0 Å². The Labute approximate surface area is 159 Å². The first-order valence-electron chi connectivity index (χ1n) is 7.85. The van der Waals surface area contributed by atoms with Gasteiger partial charge in [0.1, 0.15) is 17.9 Å². The van der Waals surface area contributed by atoms with Crippen molar-refractivity contribution >= 4 is 38.6 Å². The summed E-state index contributed by atoms with van der Waals surface area (Å²) in [6, 6.07) is 6.18. The summed E-state index contributed by atoms with van der Waals surface area (Å²) in [5.41, 5.74) is 1.31. The third kappa shape index (κ3) is 3.57. The van der Waals surface area contributed by atoms with Gasteiger partial charge in [0.2, 0.25) is 0 Å². The van der Waals surface area contributed by atoms with Gasteiger partial charge >= 0.3 is 0 Å². The lowest BCUT2D eigenvalue weighted by atomic mass is 10.0. The van der Waals surface area contributed by atoms with Crippen molar-refractivity contribution in [3.63, 3.8) is 0 Å². The Balaban J connectivity index is 2.43. The van der Waals surface area contributed by atoms with Crippen molar-refractivity contribution in [2.24, 2.45) is 0 Å². The molecular weight excluding hydrogens is 396 g/mol. The van der Waals surface area contributed by atoms with Crippen molar-refractivity contribution in [1.29, 1.82) is 0 Å². The van der Waals surface area contributed by atoms with Gasteiger partial charge in [-0.25, -0.2) is 22.2 Å². The van der Waals surface area contributed by atoms with E-state index in [-0.39, 0.29) is 38.5 Å². The first kappa shape index (κ1) is 19.4. The average molecular weight is 410 g/mol. The quantitative estimate of drug-likeness (QED) is 0.603. The minimum Gasteiger partial charge on any atom is -0.303 e. The number of rotatable bonds is 4. The molecular formula is C19H14ClF2NO3S. The van der Waals surface area contributed by atoms with E-state index >= 15 is 0 Å². The van der Waals surface area contributed by atoms with Gasteiger partial charge in [-0.15, -0.1) is 0 Å². The SMILES string of the molecule is Cc1c(-c2cc(CC=O)ccc2S(C)(=O)=O)nc2cc(F)cc(F)c2c1Cl. The molecule has 0 aliphatic rings. The van der Waals surface area contributed by atoms with E-state index in [4.69, 9.17) is 11.6 Å². The number of hydrogen-bond acceptors (Lipinski definition) is 4. The molecule has 1 aromatic heterocycles. The number of pyridine rings is 1. The van der Waals surface area contributed by atoms with Crippen LogP contribution < -0.4 is 0 Å². The highest BCUT2D eigenvalue weighted by Gasteiger charge is 2.21. The van der Waals surface area contributed by atoms with Crippen molar-refractivity contribution in [3.05, 3.63) is 58.1 Å². The normalized spacial score (nSPS) is 11.7. The van der Waals surface area contributed by atoms with Crippen LogP contribution in [0.1, 0.15) is 11.1 Å². The Morgan fingerprint density at radius 2 is 1.89 bits per heavy atom. The van der Waals surface area contributed by atoms with Gasteiger partial charge in [-0.2, -0.15) is 0 Å². The van der Waals surface area contributed by atoms with E-state index in [1.165, 1.54) is 18.2 Å². The second-order valence-electron chi connectivity index (χ2n) is 6.15. The Hall–Kier alpha value is -2.38. The van der Waals surface area contributed by atoms with Crippen LogP contribution in [-0.2, 0) is 21.1 Å². The molecule has 0 bridgehead atoms. The van der Waals surface area contributed by atoms with Crippen LogP contribution in [0.15, 0.2) is 35.2 Å². The van der Waals surface area contributed by atoms with Gasteiger partial charge in [0.25, 0.3) is 0 Å². The smallest absolute Gasteiger partial charge is 0.176 e. The molecule has 0 fully saturated rings. The molecule has 140 valence electrons. The largest absolute Gasteiger partial charge is 0.303 e. The number of sulfone groups is 1. The number of fused-ring (bicyclic) bond motifs is 1. The van der Waals surface area contributed by atoms with Crippen LogP contribution in [0.5, 0.6) is 0 Å². The second-order valence-corrected chi connectivity index (χ2v) is 8.52. The van der Waals surface area contributed by atoms with E-state index in [0.717, 1.165) is 12.3 Å².